The number of ether oxygens (including phenoxy) is 1. The van der Waals surface area contributed by atoms with E-state index in [4.69, 9.17) is 16.3 Å². The first-order chi connectivity index (χ1) is 13.0. The molecule has 1 aliphatic heterocycles. The Balaban J connectivity index is 1.49. The number of aliphatic hydroxyl groups is 2. The zero-order valence-electron chi connectivity index (χ0n) is 14.8. The summed E-state index contributed by atoms with van der Waals surface area (Å²) in [5.41, 5.74) is 0.0266. The third-order valence-electron chi connectivity index (χ3n) is 4.64. The van der Waals surface area contributed by atoms with Crippen molar-refractivity contribution in [3.05, 3.63) is 70.7 Å². The number of hydrogen-bond acceptors (Lipinski definition) is 5. The fraction of sp³-hybridized carbons (Fsp3) is 0.350. The van der Waals surface area contributed by atoms with Gasteiger partial charge in [-0.15, -0.1) is 0 Å². The van der Waals surface area contributed by atoms with Crippen molar-refractivity contribution >= 4 is 17.5 Å². The molecule has 2 aromatic carbocycles. The molecule has 0 saturated carbocycles. The van der Waals surface area contributed by atoms with Gasteiger partial charge in [0.2, 0.25) is 0 Å². The van der Waals surface area contributed by atoms with Gasteiger partial charge in [0.05, 0.1) is 17.2 Å². The molecule has 0 spiro atoms. The third-order valence-corrected chi connectivity index (χ3v) is 4.97. The molecule has 6 nitrogen and oxygen atoms in total. The second-order valence-electron chi connectivity index (χ2n) is 6.68. The summed E-state index contributed by atoms with van der Waals surface area (Å²) in [4.78, 5) is 12.2. The van der Waals surface area contributed by atoms with Gasteiger partial charge < -0.3 is 25.6 Å². The van der Waals surface area contributed by atoms with Crippen molar-refractivity contribution in [3.8, 4) is 0 Å². The lowest BCUT2D eigenvalue weighted by molar-refractivity contribution is -0.0478. The van der Waals surface area contributed by atoms with Gasteiger partial charge in [0, 0.05) is 19.6 Å². The Kier molecular flexibility index (Phi) is 6.46. The molecular formula is C20H23ClN2O4. The number of nitrogens with one attached hydrogen (secondary N) is 2. The number of amides is 1. The SMILES string of the molecule is O=C(NC[C@H]1OC[C@@](O)(CNCc2ccccc2)[C@@H]1O)c1ccccc1Cl. The standard InChI is InChI=1S/C20H23ClN2O4/c21-16-9-5-4-8-15(16)19(25)23-11-17-18(24)20(26,13-27-17)12-22-10-14-6-2-1-3-7-14/h1-9,17-18,22,24,26H,10-13H2,(H,23,25)/t17-,18-,20+/m1/s1. The fourth-order valence-corrected chi connectivity index (χ4v) is 3.27. The predicted molar refractivity (Wildman–Crippen MR) is 103 cm³/mol. The fourth-order valence-electron chi connectivity index (χ4n) is 3.05. The van der Waals surface area contributed by atoms with E-state index in [-0.39, 0.29) is 25.6 Å². The van der Waals surface area contributed by atoms with Gasteiger partial charge in [-0.1, -0.05) is 54.1 Å². The average Bonchev–Trinajstić information content (AvgIpc) is 2.96. The number of carbonyl (C=O) groups excluding carboxylic acids is 1. The van der Waals surface area contributed by atoms with Gasteiger partial charge in [-0.3, -0.25) is 4.79 Å². The lowest BCUT2D eigenvalue weighted by atomic mass is 9.96. The molecule has 0 radical (unpaired) electrons. The van der Waals surface area contributed by atoms with Crippen LogP contribution in [0.5, 0.6) is 0 Å². The number of carbonyl (C=O) groups is 1. The van der Waals surface area contributed by atoms with Crippen LogP contribution < -0.4 is 10.6 Å². The molecule has 7 heteroatoms. The minimum absolute atomic E-state index is 0.0113. The van der Waals surface area contributed by atoms with Crippen LogP contribution in [-0.4, -0.2) is 53.6 Å². The maximum absolute atomic E-state index is 12.2. The summed E-state index contributed by atoms with van der Waals surface area (Å²) in [7, 11) is 0. The molecular weight excluding hydrogens is 368 g/mol. The van der Waals surface area contributed by atoms with Crippen LogP contribution in [0.1, 0.15) is 15.9 Å². The Labute approximate surface area is 163 Å². The molecule has 0 aromatic heterocycles. The van der Waals surface area contributed by atoms with E-state index in [1.807, 2.05) is 30.3 Å². The number of rotatable bonds is 7. The van der Waals surface area contributed by atoms with Crippen molar-refractivity contribution in [2.24, 2.45) is 0 Å². The molecule has 4 N–H and O–H groups in total. The minimum atomic E-state index is -1.41. The Hall–Kier alpha value is -1.96. The molecule has 0 bridgehead atoms. The van der Waals surface area contributed by atoms with Crippen LogP contribution >= 0.6 is 11.6 Å². The van der Waals surface area contributed by atoms with Crippen molar-refractivity contribution in [3.63, 3.8) is 0 Å². The topological polar surface area (TPSA) is 90.8 Å². The van der Waals surface area contributed by atoms with Gasteiger partial charge in [0.25, 0.3) is 5.91 Å². The Bertz CT molecular complexity index is 774. The summed E-state index contributed by atoms with van der Waals surface area (Å²) in [6.07, 6.45) is -1.81. The van der Waals surface area contributed by atoms with Crippen LogP contribution in [-0.2, 0) is 11.3 Å². The quantitative estimate of drug-likeness (QED) is 0.573. The Morgan fingerprint density at radius 2 is 1.89 bits per heavy atom. The van der Waals surface area contributed by atoms with Crippen molar-refractivity contribution < 1.29 is 19.7 Å². The van der Waals surface area contributed by atoms with Gasteiger partial charge in [-0.25, -0.2) is 0 Å². The van der Waals surface area contributed by atoms with Crippen molar-refractivity contribution in [1.82, 2.24) is 10.6 Å². The molecule has 1 saturated heterocycles. The first kappa shape index (κ1) is 19.8. The highest BCUT2D eigenvalue weighted by atomic mass is 35.5. The third kappa shape index (κ3) is 4.86. The molecule has 144 valence electrons. The molecule has 1 fully saturated rings. The van der Waals surface area contributed by atoms with Crippen LogP contribution in [0.15, 0.2) is 54.6 Å². The van der Waals surface area contributed by atoms with Gasteiger partial charge in [0.1, 0.15) is 17.8 Å². The zero-order valence-corrected chi connectivity index (χ0v) is 15.5. The number of halogens is 1. The first-order valence-electron chi connectivity index (χ1n) is 8.79. The van der Waals surface area contributed by atoms with Gasteiger partial charge >= 0.3 is 0 Å². The molecule has 2 aromatic rings. The largest absolute Gasteiger partial charge is 0.387 e. The number of hydrogen-bond donors (Lipinski definition) is 4. The van der Waals surface area contributed by atoms with Crippen LogP contribution in [0.2, 0.25) is 5.02 Å². The molecule has 3 atom stereocenters. The lowest BCUT2D eigenvalue weighted by Crippen LogP contribution is -2.52. The normalized spacial score (nSPS) is 24.7. The van der Waals surface area contributed by atoms with Gasteiger partial charge in [-0.2, -0.15) is 0 Å². The van der Waals surface area contributed by atoms with E-state index < -0.39 is 17.8 Å². The van der Waals surface area contributed by atoms with Crippen molar-refractivity contribution in [2.75, 3.05) is 19.7 Å². The van der Waals surface area contributed by atoms with Crippen LogP contribution in [0.3, 0.4) is 0 Å². The lowest BCUT2D eigenvalue weighted by Gasteiger charge is -2.26. The van der Waals surface area contributed by atoms with Crippen LogP contribution in [0, 0.1) is 0 Å². The van der Waals surface area contributed by atoms with E-state index in [0.29, 0.717) is 17.1 Å². The summed E-state index contributed by atoms with van der Waals surface area (Å²) >= 11 is 6.01. The van der Waals surface area contributed by atoms with Gasteiger partial charge in [0.15, 0.2) is 0 Å². The predicted octanol–water partition coefficient (Wildman–Crippen LogP) is 1.35. The molecule has 3 rings (SSSR count). The monoisotopic (exact) mass is 390 g/mol. The summed E-state index contributed by atoms with van der Waals surface area (Å²) in [6, 6.07) is 16.5. The Morgan fingerprint density at radius 3 is 2.63 bits per heavy atom. The molecule has 1 aliphatic rings. The molecule has 0 aliphatic carbocycles. The van der Waals surface area contributed by atoms with E-state index in [1.165, 1.54) is 0 Å². The van der Waals surface area contributed by atoms with Crippen LogP contribution in [0.4, 0.5) is 0 Å². The second-order valence-corrected chi connectivity index (χ2v) is 7.08. The molecule has 1 amide bonds. The smallest absolute Gasteiger partial charge is 0.252 e. The maximum atomic E-state index is 12.2. The Morgan fingerprint density at radius 1 is 1.19 bits per heavy atom. The highest BCUT2D eigenvalue weighted by molar-refractivity contribution is 6.33. The van der Waals surface area contributed by atoms with Crippen molar-refractivity contribution in [2.45, 2.75) is 24.4 Å². The molecule has 0 unspecified atom stereocenters. The van der Waals surface area contributed by atoms with E-state index in [9.17, 15) is 15.0 Å². The second kappa shape index (κ2) is 8.82. The van der Waals surface area contributed by atoms with E-state index in [2.05, 4.69) is 10.6 Å². The van der Waals surface area contributed by atoms with E-state index in [0.717, 1.165) is 5.56 Å². The average molecular weight is 391 g/mol. The summed E-state index contributed by atoms with van der Waals surface area (Å²) in [6.45, 7) is 0.816. The molecule has 27 heavy (non-hydrogen) atoms. The first-order valence-corrected chi connectivity index (χ1v) is 9.17. The number of benzene rings is 2. The number of aliphatic hydroxyl groups excluding tert-OH is 1. The van der Waals surface area contributed by atoms with E-state index in [1.54, 1.807) is 24.3 Å². The maximum Gasteiger partial charge on any atom is 0.252 e. The molecule has 1 heterocycles. The summed E-state index contributed by atoms with van der Waals surface area (Å²) < 4.78 is 5.51. The van der Waals surface area contributed by atoms with E-state index >= 15 is 0 Å². The highest BCUT2D eigenvalue weighted by Crippen LogP contribution is 2.24. The zero-order chi connectivity index (χ0) is 19.3. The van der Waals surface area contributed by atoms with Gasteiger partial charge in [-0.05, 0) is 17.7 Å². The highest BCUT2D eigenvalue weighted by Gasteiger charge is 2.47. The summed E-state index contributed by atoms with van der Waals surface area (Å²) in [5, 5.41) is 27.3. The minimum Gasteiger partial charge on any atom is -0.387 e. The summed E-state index contributed by atoms with van der Waals surface area (Å²) in [5.74, 6) is -0.353. The van der Waals surface area contributed by atoms with Crippen LogP contribution in [0.25, 0.3) is 0 Å². The van der Waals surface area contributed by atoms with Crippen molar-refractivity contribution in [1.29, 1.82) is 0 Å².